The highest BCUT2D eigenvalue weighted by molar-refractivity contribution is 5.76. The molecule has 1 fully saturated rings. The molecule has 4 heteroatoms. The maximum atomic E-state index is 12.4. The van der Waals surface area contributed by atoms with Crippen LogP contribution in [0, 0.1) is 0 Å². The fourth-order valence-corrected chi connectivity index (χ4v) is 3.06. The van der Waals surface area contributed by atoms with Crippen LogP contribution >= 0.6 is 0 Å². The highest BCUT2D eigenvalue weighted by Crippen LogP contribution is 2.24. The SMILES string of the molecule is COc1cccc(CCC(=O)N(CCO)C2CCCC2)c1. The van der Waals surface area contributed by atoms with Crippen molar-refractivity contribution in [3.63, 3.8) is 0 Å². The second kappa shape index (κ2) is 8.03. The molecule has 21 heavy (non-hydrogen) atoms. The number of carbonyl (C=O) groups is 1. The molecule has 1 aliphatic rings. The number of aryl methyl sites for hydroxylation is 1. The molecule has 0 atom stereocenters. The number of rotatable bonds is 7. The quantitative estimate of drug-likeness (QED) is 0.839. The van der Waals surface area contributed by atoms with Gasteiger partial charge in [-0.3, -0.25) is 4.79 Å². The zero-order chi connectivity index (χ0) is 15.1. The summed E-state index contributed by atoms with van der Waals surface area (Å²) in [4.78, 5) is 14.3. The molecule has 116 valence electrons. The second-order valence-electron chi connectivity index (χ2n) is 5.60. The molecular formula is C17H25NO3. The smallest absolute Gasteiger partial charge is 0.223 e. The average molecular weight is 291 g/mol. The number of hydrogen-bond acceptors (Lipinski definition) is 3. The van der Waals surface area contributed by atoms with Gasteiger partial charge in [-0.15, -0.1) is 0 Å². The molecule has 1 N–H and O–H groups in total. The van der Waals surface area contributed by atoms with E-state index in [0.717, 1.165) is 24.2 Å². The highest BCUT2D eigenvalue weighted by atomic mass is 16.5. The van der Waals surface area contributed by atoms with Gasteiger partial charge in [-0.2, -0.15) is 0 Å². The lowest BCUT2D eigenvalue weighted by Gasteiger charge is -2.28. The van der Waals surface area contributed by atoms with E-state index in [1.165, 1.54) is 12.8 Å². The van der Waals surface area contributed by atoms with Crippen molar-refractivity contribution >= 4 is 5.91 Å². The Morgan fingerprint density at radius 2 is 2.14 bits per heavy atom. The fourth-order valence-electron chi connectivity index (χ4n) is 3.06. The van der Waals surface area contributed by atoms with E-state index in [9.17, 15) is 9.90 Å². The summed E-state index contributed by atoms with van der Waals surface area (Å²) >= 11 is 0. The van der Waals surface area contributed by atoms with Crippen LogP contribution in [-0.2, 0) is 11.2 Å². The third kappa shape index (κ3) is 4.46. The Morgan fingerprint density at radius 3 is 2.81 bits per heavy atom. The van der Waals surface area contributed by atoms with Gasteiger partial charge in [0, 0.05) is 19.0 Å². The minimum atomic E-state index is 0.0431. The minimum absolute atomic E-state index is 0.0431. The van der Waals surface area contributed by atoms with Crippen LogP contribution in [0.25, 0.3) is 0 Å². The summed E-state index contributed by atoms with van der Waals surface area (Å²) in [6.07, 6.45) is 5.73. The van der Waals surface area contributed by atoms with Crippen LogP contribution in [0.2, 0.25) is 0 Å². The van der Waals surface area contributed by atoms with E-state index in [4.69, 9.17) is 4.74 Å². The fraction of sp³-hybridized carbons (Fsp3) is 0.588. The first-order valence-corrected chi connectivity index (χ1v) is 7.78. The van der Waals surface area contributed by atoms with Crippen molar-refractivity contribution in [2.24, 2.45) is 0 Å². The van der Waals surface area contributed by atoms with E-state index in [-0.39, 0.29) is 12.5 Å². The maximum Gasteiger partial charge on any atom is 0.223 e. The molecule has 1 amide bonds. The van der Waals surface area contributed by atoms with Gasteiger partial charge < -0.3 is 14.7 Å². The lowest BCUT2D eigenvalue weighted by atomic mass is 10.1. The van der Waals surface area contributed by atoms with Crippen molar-refractivity contribution in [3.05, 3.63) is 29.8 Å². The summed E-state index contributed by atoms with van der Waals surface area (Å²) in [5, 5.41) is 9.19. The van der Waals surface area contributed by atoms with Crippen LogP contribution in [0.1, 0.15) is 37.7 Å². The summed E-state index contributed by atoms with van der Waals surface area (Å²) in [6.45, 7) is 0.503. The molecule has 0 spiro atoms. The first-order chi connectivity index (χ1) is 10.2. The summed E-state index contributed by atoms with van der Waals surface area (Å²) < 4.78 is 5.20. The van der Waals surface area contributed by atoms with E-state index in [2.05, 4.69) is 0 Å². The normalized spacial score (nSPS) is 15.1. The van der Waals surface area contributed by atoms with Crippen LogP contribution in [0.4, 0.5) is 0 Å². The van der Waals surface area contributed by atoms with Gasteiger partial charge in [-0.1, -0.05) is 25.0 Å². The highest BCUT2D eigenvalue weighted by Gasteiger charge is 2.25. The van der Waals surface area contributed by atoms with Gasteiger partial charge in [0.25, 0.3) is 0 Å². The number of benzene rings is 1. The van der Waals surface area contributed by atoms with Gasteiger partial charge in [-0.25, -0.2) is 0 Å². The Balaban J connectivity index is 1.91. The van der Waals surface area contributed by atoms with Crippen LogP contribution in [-0.4, -0.2) is 42.2 Å². The van der Waals surface area contributed by atoms with E-state index >= 15 is 0 Å². The van der Waals surface area contributed by atoms with Gasteiger partial charge in [0.05, 0.1) is 13.7 Å². The topological polar surface area (TPSA) is 49.8 Å². The third-order valence-electron chi connectivity index (χ3n) is 4.19. The molecule has 0 aromatic heterocycles. The zero-order valence-corrected chi connectivity index (χ0v) is 12.8. The van der Waals surface area contributed by atoms with Crippen LogP contribution in [0.5, 0.6) is 5.75 Å². The van der Waals surface area contributed by atoms with E-state index in [1.54, 1.807) is 7.11 Å². The molecule has 0 heterocycles. The third-order valence-corrected chi connectivity index (χ3v) is 4.19. The summed E-state index contributed by atoms with van der Waals surface area (Å²) in [7, 11) is 1.65. The summed E-state index contributed by atoms with van der Waals surface area (Å²) in [6, 6.07) is 8.17. The average Bonchev–Trinajstić information content (AvgIpc) is 3.04. The Labute approximate surface area is 126 Å². The lowest BCUT2D eigenvalue weighted by Crippen LogP contribution is -2.40. The van der Waals surface area contributed by atoms with Crippen LogP contribution < -0.4 is 4.74 Å². The molecule has 2 rings (SSSR count). The number of carbonyl (C=O) groups excluding carboxylic acids is 1. The molecule has 0 unspecified atom stereocenters. The molecule has 1 aliphatic carbocycles. The Bertz CT molecular complexity index is 455. The minimum Gasteiger partial charge on any atom is -0.497 e. The van der Waals surface area contributed by atoms with Gasteiger partial charge in [0.15, 0.2) is 0 Å². The number of ether oxygens (including phenoxy) is 1. The van der Waals surface area contributed by atoms with Gasteiger partial charge in [0.1, 0.15) is 5.75 Å². The van der Waals surface area contributed by atoms with E-state index < -0.39 is 0 Å². The standard InChI is InChI=1S/C17H25NO3/c1-21-16-8-4-5-14(13-16)9-10-17(20)18(11-12-19)15-6-2-3-7-15/h4-5,8,13,15,19H,2-3,6-7,9-12H2,1H3. The number of aliphatic hydroxyl groups is 1. The van der Waals surface area contributed by atoms with E-state index in [1.807, 2.05) is 29.2 Å². The number of aliphatic hydroxyl groups excluding tert-OH is 1. The zero-order valence-electron chi connectivity index (χ0n) is 12.8. The Morgan fingerprint density at radius 1 is 1.38 bits per heavy atom. The van der Waals surface area contributed by atoms with Crippen molar-refractivity contribution in [2.75, 3.05) is 20.3 Å². The number of hydrogen-bond donors (Lipinski definition) is 1. The second-order valence-corrected chi connectivity index (χ2v) is 5.60. The summed E-state index contributed by atoms with van der Waals surface area (Å²) in [5.74, 6) is 0.974. The van der Waals surface area contributed by atoms with Crippen molar-refractivity contribution in [3.8, 4) is 5.75 Å². The van der Waals surface area contributed by atoms with Crippen LogP contribution in [0.3, 0.4) is 0 Å². The van der Waals surface area contributed by atoms with Crippen molar-refractivity contribution in [1.29, 1.82) is 0 Å². The number of methoxy groups -OCH3 is 1. The number of nitrogens with zero attached hydrogens (tertiary/aromatic N) is 1. The number of amides is 1. The molecule has 1 saturated carbocycles. The molecule has 1 aromatic rings. The molecular weight excluding hydrogens is 266 g/mol. The monoisotopic (exact) mass is 291 g/mol. The Kier molecular flexibility index (Phi) is 6.05. The maximum absolute atomic E-state index is 12.4. The summed E-state index contributed by atoms with van der Waals surface area (Å²) in [5.41, 5.74) is 1.11. The lowest BCUT2D eigenvalue weighted by molar-refractivity contribution is -0.134. The first kappa shape index (κ1) is 15.8. The molecule has 0 radical (unpaired) electrons. The predicted octanol–water partition coefficient (Wildman–Crippen LogP) is 2.39. The largest absolute Gasteiger partial charge is 0.497 e. The van der Waals surface area contributed by atoms with Gasteiger partial charge >= 0.3 is 0 Å². The molecule has 0 saturated heterocycles. The first-order valence-electron chi connectivity index (χ1n) is 7.78. The van der Waals surface area contributed by atoms with Crippen molar-refractivity contribution in [1.82, 2.24) is 4.90 Å². The molecule has 4 nitrogen and oxygen atoms in total. The molecule has 1 aromatic carbocycles. The molecule has 0 bridgehead atoms. The van der Waals surface area contributed by atoms with Crippen molar-refractivity contribution in [2.45, 2.75) is 44.6 Å². The predicted molar refractivity (Wildman–Crippen MR) is 82.4 cm³/mol. The van der Waals surface area contributed by atoms with Gasteiger partial charge in [-0.05, 0) is 37.0 Å². The Hall–Kier alpha value is -1.55. The van der Waals surface area contributed by atoms with Crippen molar-refractivity contribution < 1.29 is 14.6 Å². The van der Waals surface area contributed by atoms with E-state index in [0.29, 0.717) is 25.4 Å². The van der Waals surface area contributed by atoms with Crippen LogP contribution in [0.15, 0.2) is 24.3 Å². The molecule has 0 aliphatic heterocycles. The van der Waals surface area contributed by atoms with Gasteiger partial charge in [0.2, 0.25) is 5.91 Å².